The Morgan fingerprint density at radius 1 is 0.214 bits per heavy atom. The minimum absolute atomic E-state index is 0. The monoisotopic (exact) mass is 686 g/mol. The molecule has 0 spiro atoms. The Hall–Kier alpha value is 4.39. The first-order valence-electron chi connectivity index (χ1n) is 0. The van der Waals surface area contributed by atoms with Crippen LogP contribution in [-0.4, -0.2) is 0 Å². The molecule has 0 aromatic carbocycles. The number of rotatable bonds is 0. The van der Waals surface area contributed by atoms with Crippen molar-refractivity contribution >= 4 is 9.90 Å². The second-order valence-electron chi connectivity index (χ2n) is 0. The Bertz CT molecular complexity index is 36.8. The predicted octanol–water partition coefficient (Wildman–Crippen LogP) is 9.80. The minimum atomic E-state index is 0. The first-order valence-corrected chi connectivity index (χ1v) is 0. The normalized spacial score (nSPS) is 0. The summed E-state index contributed by atoms with van der Waals surface area (Å²) in [4.78, 5) is 0. The van der Waals surface area contributed by atoms with E-state index in [0.29, 0.717) is 0 Å². The molecular formula is C24H103K2PW. The quantitative estimate of drug-likeness (QED) is 0.176. The zero-order valence-electron chi connectivity index (χ0n) is 5.12. The van der Waals surface area contributed by atoms with Crippen LogP contribution in [0.3, 0.4) is 0 Å². The van der Waals surface area contributed by atoms with E-state index in [-0.39, 0.29) is 316 Å². The molecule has 0 heterocycles. The van der Waals surface area contributed by atoms with Gasteiger partial charge < -0.3 is 2.85 Å². The van der Waals surface area contributed by atoms with Crippen molar-refractivity contribution in [3.8, 4) is 0 Å². The molecule has 0 saturated heterocycles. The molecule has 0 N–H and O–H groups in total. The third-order valence-corrected chi connectivity index (χ3v) is 0. The molecule has 1 unspecified atom stereocenters. The van der Waals surface area contributed by atoms with Crippen LogP contribution in [0.25, 0.3) is 0 Å². The van der Waals surface area contributed by atoms with Gasteiger partial charge in [-0.2, -0.15) is 9.90 Å². The fourth-order valence-electron chi connectivity index (χ4n) is 0. The second kappa shape index (κ2) is 1500. The SMILES string of the molecule is C.C.C.C.C.C.C.C.C.C.C.C.C.C.C.C.C.C.C.C.C.C.C.C.P.[2HH].[H-].[H-].[K+].[K+].[W]. The van der Waals surface area contributed by atoms with Crippen LogP contribution in [0.5, 0.6) is 0 Å². The third-order valence-electron chi connectivity index (χ3n) is 0. The molecule has 0 aromatic rings. The van der Waals surface area contributed by atoms with Crippen LogP contribution in [0.1, 0.15) is 183 Å². The van der Waals surface area contributed by atoms with E-state index >= 15 is 0 Å². The predicted molar refractivity (Wildman–Crippen MR) is 177 cm³/mol. The summed E-state index contributed by atoms with van der Waals surface area (Å²) in [5.74, 6) is 0. The molecule has 0 aliphatic rings. The molecule has 0 bridgehead atoms. The van der Waals surface area contributed by atoms with Crippen LogP contribution in [-0.2, 0) is 21.1 Å². The summed E-state index contributed by atoms with van der Waals surface area (Å²) in [6, 6.07) is 0. The van der Waals surface area contributed by atoms with Crippen molar-refractivity contribution < 1.29 is 128 Å². The summed E-state index contributed by atoms with van der Waals surface area (Å²) in [7, 11) is 0. The van der Waals surface area contributed by atoms with E-state index < -0.39 is 0 Å². The number of hydrogen-bond acceptors (Lipinski definition) is 0. The topological polar surface area (TPSA) is 0 Å². The average Bonchev–Trinajstić information content (AvgIpc) is 0. The van der Waals surface area contributed by atoms with Gasteiger partial charge in [-0.05, 0) is 0 Å². The second-order valence-corrected chi connectivity index (χ2v) is 0. The van der Waals surface area contributed by atoms with Gasteiger partial charge in [-0.25, -0.2) is 0 Å². The molecule has 212 valence electrons. The first-order chi connectivity index (χ1) is 0. The van der Waals surface area contributed by atoms with E-state index in [0.717, 1.165) is 0 Å². The molecule has 1 atom stereocenters. The Morgan fingerprint density at radius 3 is 0.214 bits per heavy atom. The van der Waals surface area contributed by atoms with Crippen LogP contribution < -0.4 is 103 Å². The van der Waals surface area contributed by atoms with Crippen molar-refractivity contribution in [2.45, 2.75) is 178 Å². The van der Waals surface area contributed by atoms with Gasteiger partial charge in [-0.3, -0.25) is 0 Å². The molecule has 0 nitrogen and oxygen atoms in total. The molecule has 0 radical (unpaired) electrons. The van der Waals surface area contributed by atoms with Gasteiger partial charge in [0.2, 0.25) is 0 Å². The maximum Gasteiger partial charge on any atom is 1.00 e. The van der Waals surface area contributed by atoms with E-state index in [4.69, 9.17) is 0 Å². The first kappa shape index (κ1) is 1660. The standard InChI is InChI=1S/24CH4.2K.H3P.W.H2.2H/h24*1H4;;;1H3;;1H;;/q;;;;;;;;;;;;;;;;;;;;;;;;2*+1;;;;2*-1/i;;;;;;;;;;;;;;;;;;;;;;;;;;;;1+1;;. The van der Waals surface area contributed by atoms with E-state index in [1.807, 2.05) is 0 Å². The van der Waals surface area contributed by atoms with Crippen molar-refractivity contribution in [2.24, 2.45) is 0 Å². The molecule has 0 saturated carbocycles. The van der Waals surface area contributed by atoms with Gasteiger partial charge >= 0.3 is 103 Å². The molecule has 4 heteroatoms. The van der Waals surface area contributed by atoms with Crippen molar-refractivity contribution in [3.05, 3.63) is 0 Å². The Kier molecular flexibility index (Phi) is 88900. The Balaban J connectivity index is 0. The van der Waals surface area contributed by atoms with Crippen molar-refractivity contribution in [1.82, 2.24) is 0 Å². The maximum atomic E-state index is 0. The van der Waals surface area contributed by atoms with Gasteiger partial charge in [-0.1, -0.05) is 178 Å². The summed E-state index contributed by atoms with van der Waals surface area (Å²) >= 11 is 0. The minimum Gasteiger partial charge on any atom is -1.00 e. The molecule has 0 fully saturated rings. The van der Waals surface area contributed by atoms with Crippen molar-refractivity contribution in [3.63, 3.8) is 0 Å². The van der Waals surface area contributed by atoms with Crippen LogP contribution in [0.4, 0.5) is 0 Å². The molecule has 28 heavy (non-hydrogen) atoms. The summed E-state index contributed by atoms with van der Waals surface area (Å²) < 4.78 is 0. The molecule has 0 rings (SSSR count). The fraction of sp³-hybridized carbons (Fsp3) is 1.00. The summed E-state index contributed by atoms with van der Waals surface area (Å²) in [6.45, 7) is 0. The largest absolute Gasteiger partial charge is 1.00 e. The number of hydrogen-bond donors (Lipinski definition) is 0. The van der Waals surface area contributed by atoms with Crippen molar-refractivity contribution in [2.75, 3.05) is 0 Å². The third kappa shape index (κ3) is 1360. The zero-order chi connectivity index (χ0) is 0. The molecule has 0 amide bonds. The summed E-state index contributed by atoms with van der Waals surface area (Å²) in [6.07, 6.45) is 0. The van der Waals surface area contributed by atoms with Gasteiger partial charge in [-0.15, -0.1) is 0 Å². The van der Waals surface area contributed by atoms with Gasteiger partial charge in [0.25, 0.3) is 0 Å². The van der Waals surface area contributed by atoms with E-state index in [1.54, 1.807) is 0 Å². The summed E-state index contributed by atoms with van der Waals surface area (Å²) in [5, 5.41) is 0. The van der Waals surface area contributed by atoms with Crippen LogP contribution in [0.2, 0.25) is 0 Å². The van der Waals surface area contributed by atoms with Crippen LogP contribution in [0.15, 0.2) is 0 Å². The molecular weight excluding hydrogens is 581 g/mol. The van der Waals surface area contributed by atoms with Crippen LogP contribution in [0, 0.1) is 0 Å². The van der Waals surface area contributed by atoms with E-state index in [1.165, 1.54) is 0 Å². The summed E-state index contributed by atoms with van der Waals surface area (Å²) in [5.41, 5.74) is 0. The molecule has 0 aliphatic carbocycles. The van der Waals surface area contributed by atoms with Gasteiger partial charge in [0.15, 0.2) is 0 Å². The Morgan fingerprint density at radius 2 is 0.214 bits per heavy atom. The van der Waals surface area contributed by atoms with Gasteiger partial charge in [0.05, 0.1) is 0 Å². The average molecular weight is 686 g/mol. The van der Waals surface area contributed by atoms with Gasteiger partial charge in [0, 0.05) is 22.5 Å². The fourth-order valence-corrected chi connectivity index (χ4v) is 0. The van der Waals surface area contributed by atoms with E-state index in [9.17, 15) is 0 Å². The van der Waals surface area contributed by atoms with Crippen LogP contribution >= 0.6 is 9.90 Å². The van der Waals surface area contributed by atoms with Gasteiger partial charge in [0.1, 0.15) is 0 Å². The maximum absolute atomic E-state index is 0. The molecule has 0 aliphatic heterocycles. The zero-order valence-corrected chi connectivity index (χ0v) is 13.7. The van der Waals surface area contributed by atoms with E-state index in [2.05, 4.69) is 0 Å². The smallest absolute Gasteiger partial charge is 1.00 e. The van der Waals surface area contributed by atoms with Crippen molar-refractivity contribution in [1.29, 1.82) is 0 Å². The molecule has 0 aromatic heterocycles. The Labute approximate surface area is 311 Å².